The predicted molar refractivity (Wildman–Crippen MR) is 158 cm³/mol. The molecule has 0 radical (unpaired) electrons. The zero-order valence-corrected chi connectivity index (χ0v) is 23.6. The van der Waals surface area contributed by atoms with Gasteiger partial charge in [0.1, 0.15) is 18.1 Å². The fourth-order valence-electron chi connectivity index (χ4n) is 4.11. The Labute approximate surface area is 249 Å². The first-order chi connectivity index (χ1) is 20.5. The van der Waals surface area contributed by atoms with Gasteiger partial charge in [-0.15, -0.1) is 0 Å². The van der Waals surface area contributed by atoms with Crippen LogP contribution in [-0.2, 0) is 36.8 Å². The second-order valence-corrected chi connectivity index (χ2v) is 9.89. The molecule has 14 heteroatoms. The number of hydrogen-bond acceptors (Lipinski definition) is 7. The highest BCUT2D eigenvalue weighted by Gasteiger charge is 2.30. The number of hydrogen-bond donors (Lipinski definition) is 8. The average Bonchev–Trinajstić information content (AvgIpc) is 2.97. The van der Waals surface area contributed by atoms with E-state index in [1.807, 2.05) is 0 Å². The lowest BCUT2D eigenvalue weighted by Crippen LogP contribution is -2.57. The zero-order valence-electron chi connectivity index (χ0n) is 23.6. The van der Waals surface area contributed by atoms with Crippen molar-refractivity contribution < 1.29 is 34.2 Å². The number of aliphatic carboxylic acids is 2. The third-order valence-electron chi connectivity index (χ3n) is 6.40. The Balaban J connectivity index is 2.25. The molecule has 14 nitrogen and oxygen atoms in total. The molecule has 4 atom stereocenters. The van der Waals surface area contributed by atoms with Gasteiger partial charge in [0.25, 0.3) is 0 Å². The molecule has 0 spiro atoms. The van der Waals surface area contributed by atoms with Crippen LogP contribution in [0.2, 0.25) is 0 Å². The molecule has 4 unspecified atom stereocenters. The van der Waals surface area contributed by atoms with Crippen LogP contribution in [0.5, 0.6) is 0 Å². The molecule has 2 rings (SSSR count). The van der Waals surface area contributed by atoms with Gasteiger partial charge in [-0.2, -0.15) is 0 Å². The maximum Gasteiger partial charge on any atom is 0.326 e. The van der Waals surface area contributed by atoms with Gasteiger partial charge in [-0.25, -0.2) is 4.79 Å². The second-order valence-electron chi connectivity index (χ2n) is 9.89. The van der Waals surface area contributed by atoms with E-state index in [9.17, 15) is 29.1 Å². The molecule has 2 aromatic carbocycles. The normalized spacial score (nSPS) is 13.4. The van der Waals surface area contributed by atoms with Crippen molar-refractivity contribution in [3.63, 3.8) is 0 Å². The smallest absolute Gasteiger partial charge is 0.326 e. The van der Waals surface area contributed by atoms with E-state index in [0.29, 0.717) is 11.1 Å². The molecule has 0 bridgehead atoms. The Morgan fingerprint density at radius 3 is 1.70 bits per heavy atom. The van der Waals surface area contributed by atoms with Crippen LogP contribution in [-0.4, -0.2) is 76.5 Å². The van der Waals surface area contributed by atoms with Gasteiger partial charge in [0, 0.05) is 25.8 Å². The zero-order chi connectivity index (χ0) is 31.8. The lowest BCUT2D eigenvalue weighted by atomic mass is 10.0. The van der Waals surface area contributed by atoms with Crippen molar-refractivity contribution in [3.05, 3.63) is 71.8 Å². The molecular weight excluding hydrogens is 558 g/mol. The molecule has 0 fully saturated rings. The van der Waals surface area contributed by atoms with E-state index in [1.54, 1.807) is 60.7 Å². The highest BCUT2D eigenvalue weighted by molar-refractivity contribution is 5.94. The third-order valence-corrected chi connectivity index (χ3v) is 6.40. The van der Waals surface area contributed by atoms with Gasteiger partial charge in [-0.05, 0) is 30.4 Å². The summed E-state index contributed by atoms with van der Waals surface area (Å²) in [4.78, 5) is 66.4. The number of nitrogens with one attached hydrogen (secondary N) is 3. The third kappa shape index (κ3) is 13.0. The molecular formula is C29H39N7O7. The first-order valence-electron chi connectivity index (χ1n) is 13.7. The Morgan fingerprint density at radius 1 is 0.698 bits per heavy atom. The van der Waals surface area contributed by atoms with E-state index in [0.717, 1.165) is 0 Å². The van der Waals surface area contributed by atoms with Gasteiger partial charge in [-0.1, -0.05) is 60.7 Å². The molecule has 2 aromatic rings. The van der Waals surface area contributed by atoms with Crippen LogP contribution in [0.1, 0.15) is 36.8 Å². The highest BCUT2D eigenvalue weighted by atomic mass is 16.4. The Morgan fingerprint density at radius 2 is 1.19 bits per heavy atom. The minimum absolute atomic E-state index is 0.0114. The van der Waals surface area contributed by atoms with Crippen molar-refractivity contribution in [1.29, 1.82) is 0 Å². The summed E-state index contributed by atoms with van der Waals surface area (Å²) in [7, 11) is 0. The van der Waals surface area contributed by atoms with Crippen LogP contribution in [0, 0.1) is 0 Å². The predicted octanol–water partition coefficient (Wildman–Crippen LogP) is -0.743. The van der Waals surface area contributed by atoms with Crippen LogP contribution >= 0.6 is 0 Å². The van der Waals surface area contributed by atoms with Crippen LogP contribution < -0.4 is 33.2 Å². The van der Waals surface area contributed by atoms with E-state index >= 15 is 0 Å². The van der Waals surface area contributed by atoms with Crippen molar-refractivity contribution >= 4 is 35.6 Å². The molecule has 0 aliphatic rings. The summed E-state index contributed by atoms with van der Waals surface area (Å²) in [5.41, 5.74) is 18.0. The number of rotatable bonds is 18. The molecule has 11 N–H and O–H groups in total. The van der Waals surface area contributed by atoms with Gasteiger partial charge in [0.05, 0.1) is 6.04 Å². The maximum absolute atomic E-state index is 13.5. The average molecular weight is 598 g/mol. The molecule has 0 saturated heterocycles. The number of carbonyl (C=O) groups excluding carboxylic acids is 3. The number of guanidine groups is 1. The number of benzene rings is 2. The van der Waals surface area contributed by atoms with E-state index in [4.69, 9.17) is 22.3 Å². The van der Waals surface area contributed by atoms with Crippen molar-refractivity contribution in [2.24, 2.45) is 22.2 Å². The quantitative estimate of drug-likeness (QED) is 0.0606. The molecule has 0 saturated carbocycles. The lowest BCUT2D eigenvalue weighted by Gasteiger charge is -2.25. The Kier molecular flexibility index (Phi) is 14.1. The standard InChI is InChI=1S/C29H39N7O7/c30-20(13-14-24(37)38)25(39)35-22(16-18-8-3-1-4-9-18)27(41)34-21(12-7-15-33-29(31)32)26(40)36-23(28(42)43)17-19-10-5-2-6-11-19/h1-6,8-11,20-23H,7,12-17,30H2,(H,34,41)(H,35,39)(H,36,40)(H,37,38)(H,42,43)(H4,31,32,33). The minimum Gasteiger partial charge on any atom is -0.481 e. The van der Waals surface area contributed by atoms with Gasteiger partial charge < -0.3 is 43.4 Å². The largest absolute Gasteiger partial charge is 0.481 e. The molecule has 3 amide bonds. The van der Waals surface area contributed by atoms with Gasteiger partial charge in [0.15, 0.2) is 5.96 Å². The number of carbonyl (C=O) groups is 5. The summed E-state index contributed by atoms with van der Waals surface area (Å²) in [6.45, 7) is 0.150. The minimum atomic E-state index is -1.28. The number of nitrogens with two attached hydrogens (primary N) is 3. The van der Waals surface area contributed by atoms with Crippen LogP contribution in [0.4, 0.5) is 0 Å². The van der Waals surface area contributed by atoms with Crippen molar-refractivity contribution in [2.45, 2.75) is 62.7 Å². The van der Waals surface area contributed by atoms with Gasteiger partial charge in [0.2, 0.25) is 17.7 Å². The first-order valence-corrected chi connectivity index (χ1v) is 13.7. The SMILES string of the molecule is NC(N)=NCCCC(NC(=O)C(Cc1ccccc1)NC(=O)C(N)CCC(=O)O)C(=O)NC(Cc1ccccc1)C(=O)O. The number of aliphatic imine (C=N–C) groups is 1. The Bertz CT molecular complexity index is 1250. The number of carboxylic acid groups (broad SMARTS) is 2. The lowest BCUT2D eigenvalue weighted by molar-refractivity contribution is -0.142. The van der Waals surface area contributed by atoms with Crippen LogP contribution in [0.25, 0.3) is 0 Å². The van der Waals surface area contributed by atoms with Crippen molar-refractivity contribution in [2.75, 3.05) is 6.54 Å². The highest BCUT2D eigenvalue weighted by Crippen LogP contribution is 2.09. The van der Waals surface area contributed by atoms with Crippen molar-refractivity contribution in [1.82, 2.24) is 16.0 Å². The molecule has 43 heavy (non-hydrogen) atoms. The fraction of sp³-hybridized carbons (Fsp3) is 0.379. The molecule has 232 valence electrons. The Hall–Kier alpha value is -4.98. The summed E-state index contributed by atoms with van der Waals surface area (Å²) >= 11 is 0. The number of nitrogens with zero attached hydrogens (tertiary/aromatic N) is 1. The van der Waals surface area contributed by atoms with Crippen molar-refractivity contribution in [3.8, 4) is 0 Å². The van der Waals surface area contributed by atoms with Crippen LogP contribution in [0.15, 0.2) is 65.7 Å². The summed E-state index contributed by atoms with van der Waals surface area (Å²) in [5, 5.41) is 26.3. The fourth-order valence-corrected chi connectivity index (χ4v) is 4.11. The van der Waals surface area contributed by atoms with Crippen LogP contribution in [0.3, 0.4) is 0 Å². The molecule has 0 heterocycles. The summed E-state index contributed by atoms with van der Waals surface area (Å²) in [6, 6.07) is 12.7. The number of amides is 3. The summed E-state index contributed by atoms with van der Waals surface area (Å²) in [6.07, 6.45) is -0.112. The van der Waals surface area contributed by atoms with Gasteiger partial charge >= 0.3 is 11.9 Å². The van der Waals surface area contributed by atoms with E-state index in [-0.39, 0.29) is 51.0 Å². The monoisotopic (exact) mass is 597 g/mol. The van der Waals surface area contributed by atoms with Gasteiger partial charge in [-0.3, -0.25) is 24.2 Å². The first kappa shape index (κ1) is 34.2. The molecule has 0 aliphatic carbocycles. The van der Waals surface area contributed by atoms with E-state index in [2.05, 4.69) is 20.9 Å². The van der Waals surface area contributed by atoms with E-state index in [1.165, 1.54) is 0 Å². The topological polar surface area (TPSA) is 252 Å². The summed E-state index contributed by atoms with van der Waals surface area (Å²) in [5.74, 6) is -4.73. The summed E-state index contributed by atoms with van der Waals surface area (Å²) < 4.78 is 0. The molecule has 0 aliphatic heterocycles. The van der Waals surface area contributed by atoms with E-state index < -0.39 is 53.8 Å². The maximum atomic E-state index is 13.5. The second kappa shape index (κ2) is 17.7. The number of carboxylic acids is 2. The molecule has 0 aromatic heterocycles.